The molecule has 0 atom stereocenters. The van der Waals surface area contributed by atoms with E-state index in [0.717, 1.165) is 6.42 Å². The Hall–Kier alpha value is -0.950. The Labute approximate surface area is 95.6 Å². The van der Waals surface area contributed by atoms with E-state index in [1.54, 1.807) is 30.3 Å². The Balaban J connectivity index is 2.41. The van der Waals surface area contributed by atoms with Crippen molar-refractivity contribution in [1.29, 1.82) is 0 Å². The van der Waals surface area contributed by atoms with Crippen LogP contribution < -0.4 is 10.6 Å². The quantitative estimate of drug-likeness (QED) is 0.544. The zero-order valence-corrected chi connectivity index (χ0v) is 9.74. The first-order valence-electron chi connectivity index (χ1n) is 5.03. The number of benzene rings is 1. The van der Waals surface area contributed by atoms with E-state index in [-0.39, 0.29) is 4.90 Å². The summed E-state index contributed by atoms with van der Waals surface area (Å²) in [6, 6.07) is 8.28. The molecule has 0 aliphatic rings. The molecule has 1 aromatic carbocycles. The molecule has 0 aliphatic carbocycles. The Bertz CT molecular complexity index is 392. The molecule has 0 spiro atoms. The van der Waals surface area contributed by atoms with E-state index < -0.39 is 10.0 Å². The van der Waals surface area contributed by atoms with Crippen LogP contribution in [0, 0.1) is 0 Å². The summed E-state index contributed by atoms with van der Waals surface area (Å²) < 4.78 is 25.9. The maximum atomic E-state index is 11.7. The van der Waals surface area contributed by atoms with Crippen LogP contribution >= 0.6 is 0 Å². The lowest BCUT2D eigenvalue weighted by Crippen LogP contribution is -2.25. The van der Waals surface area contributed by atoms with Gasteiger partial charge in [0.05, 0.1) is 11.5 Å². The number of sulfonamides is 1. The molecule has 0 radical (unpaired) electrons. The highest BCUT2D eigenvalue weighted by Crippen LogP contribution is 2.06. The molecule has 0 heterocycles. The number of hydrogen-bond acceptors (Lipinski definition) is 4. The van der Waals surface area contributed by atoms with Gasteiger partial charge in [0.1, 0.15) is 0 Å². The molecule has 0 saturated carbocycles. The molecule has 0 fully saturated rings. The van der Waals surface area contributed by atoms with Gasteiger partial charge in [-0.15, -0.1) is 0 Å². The molecule has 3 N–H and O–H groups in total. The first-order chi connectivity index (χ1) is 7.67. The first kappa shape index (κ1) is 13.1. The van der Waals surface area contributed by atoms with Crippen LogP contribution in [0.25, 0.3) is 0 Å². The Morgan fingerprint density at radius 2 is 1.88 bits per heavy atom. The molecule has 0 amide bonds. The summed E-state index contributed by atoms with van der Waals surface area (Å²) in [6.07, 6.45) is 1.43. The lowest BCUT2D eigenvalue weighted by molar-refractivity contribution is 0.134. The minimum absolute atomic E-state index is 0.282. The van der Waals surface area contributed by atoms with Crippen molar-refractivity contribution in [3.63, 3.8) is 0 Å². The van der Waals surface area contributed by atoms with Crippen molar-refractivity contribution < 1.29 is 13.3 Å². The highest BCUT2D eigenvalue weighted by atomic mass is 32.2. The monoisotopic (exact) mass is 244 g/mol. The van der Waals surface area contributed by atoms with Crippen LogP contribution in [0.4, 0.5) is 0 Å². The fourth-order valence-electron chi connectivity index (χ4n) is 1.20. The maximum absolute atomic E-state index is 11.7. The molecule has 5 nitrogen and oxygen atoms in total. The van der Waals surface area contributed by atoms with Crippen molar-refractivity contribution >= 4 is 10.0 Å². The average molecular weight is 244 g/mol. The van der Waals surface area contributed by atoms with Gasteiger partial charge in [-0.1, -0.05) is 18.2 Å². The molecular weight excluding hydrogens is 228 g/mol. The van der Waals surface area contributed by atoms with Crippen molar-refractivity contribution in [3.8, 4) is 0 Å². The van der Waals surface area contributed by atoms with Gasteiger partial charge in [-0.2, -0.15) is 0 Å². The Kier molecular flexibility index (Phi) is 5.41. The molecule has 90 valence electrons. The molecule has 0 bridgehead atoms. The highest BCUT2D eigenvalue weighted by Gasteiger charge is 2.11. The van der Waals surface area contributed by atoms with E-state index in [2.05, 4.69) is 9.56 Å². The van der Waals surface area contributed by atoms with E-state index >= 15 is 0 Å². The molecular formula is C10H16N2O3S. The van der Waals surface area contributed by atoms with E-state index in [1.165, 1.54) is 0 Å². The molecule has 1 rings (SSSR count). The van der Waals surface area contributed by atoms with Crippen LogP contribution in [0.3, 0.4) is 0 Å². The number of rotatable bonds is 7. The molecule has 0 unspecified atom stereocenters. The van der Waals surface area contributed by atoms with Gasteiger partial charge in [0.2, 0.25) is 10.0 Å². The van der Waals surface area contributed by atoms with Crippen molar-refractivity contribution in [2.75, 3.05) is 13.2 Å². The summed E-state index contributed by atoms with van der Waals surface area (Å²) in [5.41, 5.74) is 0. The van der Waals surface area contributed by atoms with Crippen LogP contribution in [0.15, 0.2) is 35.2 Å². The third-order valence-corrected chi connectivity index (χ3v) is 3.51. The summed E-state index contributed by atoms with van der Waals surface area (Å²) in [7, 11) is -3.37. The number of nitrogens with two attached hydrogens (primary N) is 1. The zero-order chi connectivity index (χ0) is 11.9. The van der Waals surface area contributed by atoms with E-state index in [0.29, 0.717) is 19.6 Å². The Morgan fingerprint density at radius 1 is 1.19 bits per heavy atom. The summed E-state index contributed by atoms with van der Waals surface area (Å²) in [5.74, 6) is 4.85. The van der Waals surface area contributed by atoms with Crippen molar-refractivity contribution in [1.82, 2.24) is 4.72 Å². The second-order valence-electron chi connectivity index (χ2n) is 3.29. The molecule has 0 saturated heterocycles. The summed E-state index contributed by atoms with van der Waals surface area (Å²) in [5, 5.41) is 0. The molecule has 6 heteroatoms. The molecule has 1 aromatic rings. The summed E-state index contributed by atoms with van der Waals surface area (Å²) in [6.45, 7) is 0.827. The fourth-order valence-corrected chi connectivity index (χ4v) is 2.30. The molecule has 0 aromatic heterocycles. The summed E-state index contributed by atoms with van der Waals surface area (Å²) >= 11 is 0. The van der Waals surface area contributed by atoms with Crippen molar-refractivity contribution in [2.45, 2.75) is 17.7 Å². The van der Waals surface area contributed by atoms with Gasteiger partial charge in [0.25, 0.3) is 0 Å². The van der Waals surface area contributed by atoms with Crippen molar-refractivity contribution in [2.24, 2.45) is 5.90 Å². The van der Waals surface area contributed by atoms with E-state index in [4.69, 9.17) is 5.90 Å². The third-order valence-electron chi connectivity index (χ3n) is 2.03. The predicted octanol–water partition coefficient (Wildman–Crippen LogP) is 0.635. The van der Waals surface area contributed by atoms with Gasteiger partial charge >= 0.3 is 0 Å². The zero-order valence-electron chi connectivity index (χ0n) is 8.93. The first-order valence-corrected chi connectivity index (χ1v) is 6.51. The second-order valence-corrected chi connectivity index (χ2v) is 5.06. The second kappa shape index (κ2) is 6.59. The highest BCUT2D eigenvalue weighted by molar-refractivity contribution is 7.89. The fraction of sp³-hybridized carbons (Fsp3) is 0.400. The maximum Gasteiger partial charge on any atom is 0.240 e. The Morgan fingerprint density at radius 3 is 2.50 bits per heavy atom. The van der Waals surface area contributed by atoms with Gasteiger partial charge in [0.15, 0.2) is 0 Å². The van der Waals surface area contributed by atoms with Gasteiger partial charge in [-0.05, 0) is 25.0 Å². The third kappa shape index (κ3) is 4.28. The minimum atomic E-state index is -3.37. The lowest BCUT2D eigenvalue weighted by Gasteiger charge is -2.05. The van der Waals surface area contributed by atoms with Gasteiger partial charge < -0.3 is 4.84 Å². The summed E-state index contributed by atoms with van der Waals surface area (Å²) in [4.78, 5) is 4.66. The standard InChI is InChI=1S/C10H16N2O3S/c11-15-9-5-4-8-12-16(13,14)10-6-2-1-3-7-10/h1-3,6-7,12H,4-5,8-9,11H2. The number of hydrogen-bond donors (Lipinski definition) is 2. The predicted molar refractivity (Wildman–Crippen MR) is 61.0 cm³/mol. The normalized spacial score (nSPS) is 11.6. The van der Waals surface area contributed by atoms with E-state index in [1.807, 2.05) is 0 Å². The largest absolute Gasteiger partial charge is 0.305 e. The van der Waals surface area contributed by atoms with Crippen LogP contribution in [0.5, 0.6) is 0 Å². The van der Waals surface area contributed by atoms with Crippen LogP contribution in [-0.4, -0.2) is 21.6 Å². The SMILES string of the molecule is NOCCCCNS(=O)(=O)c1ccccc1. The van der Waals surface area contributed by atoms with Crippen molar-refractivity contribution in [3.05, 3.63) is 30.3 Å². The van der Waals surface area contributed by atoms with Gasteiger partial charge in [0, 0.05) is 6.54 Å². The van der Waals surface area contributed by atoms with Crippen LogP contribution in [0.2, 0.25) is 0 Å². The van der Waals surface area contributed by atoms with Crippen LogP contribution in [-0.2, 0) is 14.9 Å². The smallest absolute Gasteiger partial charge is 0.240 e. The van der Waals surface area contributed by atoms with E-state index in [9.17, 15) is 8.42 Å². The molecule has 16 heavy (non-hydrogen) atoms. The van der Waals surface area contributed by atoms with Gasteiger partial charge in [-0.3, -0.25) is 0 Å². The molecule has 0 aliphatic heterocycles. The minimum Gasteiger partial charge on any atom is -0.305 e. The number of unbranched alkanes of at least 4 members (excludes halogenated alkanes) is 1. The van der Waals surface area contributed by atoms with Gasteiger partial charge in [-0.25, -0.2) is 19.0 Å². The lowest BCUT2D eigenvalue weighted by atomic mass is 10.3. The topological polar surface area (TPSA) is 81.4 Å². The average Bonchev–Trinajstić information content (AvgIpc) is 2.30. The number of nitrogens with one attached hydrogen (secondary N) is 1. The van der Waals surface area contributed by atoms with Crippen LogP contribution in [0.1, 0.15) is 12.8 Å².